The summed E-state index contributed by atoms with van der Waals surface area (Å²) in [5, 5.41) is 3.35. The number of likely N-dealkylation sites (tertiary alicyclic amines) is 1. The van der Waals surface area contributed by atoms with Gasteiger partial charge in [-0.3, -0.25) is 9.78 Å². The van der Waals surface area contributed by atoms with E-state index in [0.29, 0.717) is 11.5 Å². The number of rotatable bonds is 3. The number of benzene rings is 1. The summed E-state index contributed by atoms with van der Waals surface area (Å²) < 4.78 is 0. The fourth-order valence-electron chi connectivity index (χ4n) is 3.05. The zero-order valence-electron chi connectivity index (χ0n) is 13.7. The first-order chi connectivity index (χ1) is 11.1. The Hall–Kier alpha value is -2.36. The number of piperidine rings is 1. The topological polar surface area (TPSA) is 45.2 Å². The summed E-state index contributed by atoms with van der Waals surface area (Å²) in [5.41, 5.74) is 3.69. The molecule has 3 rings (SSSR count). The number of carbonyl (C=O) groups is 1. The van der Waals surface area contributed by atoms with Crippen LogP contribution in [-0.2, 0) is 0 Å². The fourth-order valence-corrected chi connectivity index (χ4v) is 3.05. The minimum Gasteiger partial charge on any atom is -0.354 e. The first kappa shape index (κ1) is 15.5. The maximum absolute atomic E-state index is 12.7. The molecule has 1 unspecified atom stereocenters. The maximum Gasteiger partial charge on any atom is 0.255 e. The van der Waals surface area contributed by atoms with E-state index < -0.39 is 0 Å². The van der Waals surface area contributed by atoms with Crippen LogP contribution in [0.1, 0.15) is 35.7 Å². The van der Waals surface area contributed by atoms with E-state index in [9.17, 15) is 4.79 Å². The zero-order valence-corrected chi connectivity index (χ0v) is 13.7. The molecule has 1 saturated heterocycles. The van der Waals surface area contributed by atoms with Crippen molar-refractivity contribution in [1.82, 2.24) is 9.88 Å². The lowest BCUT2D eigenvalue weighted by molar-refractivity contribution is 0.0682. The summed E-state index contributed by atoms with van der Waals surface area (Å²) in [5.74, 6) is 0.659. The number of pyridine rings is 1. The standard InChI is InChI=1S/C19H23N3O/c1-14-6-5-9-22(13-14)19(23)16-10-17(12-20-11-16)21-18-8-4-3-7-15(18)2/h3-4,7-8,10-12,14,21H,5-6,9,13H2,1-2H3. The van der Waals surface area contributed by atoms with Crippen LogP contribution in [0, 0.1) is 12.8 Å². The lowest BCUT2D eigenvalue weighted by Gasteiger charge is -2.31. The second kappa shape index (κ2) is 6.82. The Kier molecular flexibility index (Phi) is 4.60. The Balaban J connectivity index is 1.77. The molecule has 1 aliphatic rings. The minimum absolute atomic E-state index is 0.0810. The van der Waals surface area contributed by atoms with Crippen molar-refractivity contribution in [3.8, 4) is 0 Å². The summed E-state index contributed by atoms with van der Waals surface area (Å²) in [6, 6.07) is 9.97. The zero-order chi connectivity index (χ0) is 16.2. The molecule has 1 fully saturated rings. The summed E-state index contributed by atoms with van der Waals surface area (Å²) in [6.45, 7) is 5.95. The van der Waals surface area contributed by atoms with Gasteiger partial charge >= 0.3 is 0 Å². The van der Waals surface area contributed by atoms with E-state index in [1.54, 1.807) is 12.4 Å². The summed E-state index contributed by atoms with van der Waals surface area (Å²) in [4.78, 5) is 18.9. The first-order valence-corrected chi connectivity index (χ1v) is 8.20. The number of amides is 1. The number of aryl methyl sites for hydroxylation is 1. The molecule has 0 spiro atoms. The molecule has 2 heterocycles. The molecule has 4 heteroatoms. The first-order valence-electron chi connectivity index (χ1n) is 8.20. The third-order valence-corrected chi connectivity index (χ3v) is 4.35. The molecule has 2 aromatic rings. The van der Waals surface area contributed by atoms with Gasteiger partial charge in [0.15, 0.2) is 0 Å². The number of anilines is 2. The molecule has 1 aliphatic heterocycles. The highest BCUT2D eigenvalue weighted by Crippen LogP contribution is 2.22. The van der Waals surface area contributed by atoms with Crippen LogP contribution < -0.4 is 5.32 Å². The highest BCUT2D eigenvalue weighted by atomic mass is 16.2. The molecule has 0 saturated carbocycles. The van der Waals surface area contributed by atoms with Gasteiger partial charge in [0.2, 0.25) is 0 Å². The molecule has 23 heavy (non-hydrogen) atoms. The summed E-state index contributed by atoms with van der Waals surface area (Å²) in [7, 11) is 0. The van der Waals surface area contributed by atoms with Gasteiger partial charge in [0.1, 0.15) is 0 Å². The van der Waals surface area contributed by atoms with Crippen molar-refractivity contribution in [3.05, 3.63) is 53.9 Å². The molecule has 0 radical (unpaired) electrons. The SMILES string of the molecule is Cc1ccccc1Nc1cncc(C(=O)N2CCCC(C)C2)c1. The minimum atomic E-state index is 0.0810. The number of aromatic nitrogens is 1. The Morgan fingerprint density at radius 1 is 1.30 bits per heavy atom. The van der Waals surface area contributed by atoms with Crippen molar-refractivity contribution in [2.45, 2.75) is 26.7 Å². The molecular weight excluding hydrogens is 286 g/mol. The predicted octanol–water partition coefficient (Wildman–Crippen LogP) is 4.01. The normalized spacial score (nSPS) is 17.8. The van der Waals surface area contributed by atoms with Gasteiger partial charge in [0.05, 0.1) is 17.4 Å². The predicted molar refractivity (Wildman–Crippen MR) is 93.0 cm³/mol. The molecule has 120 valence electrons. The monoisotopic (exact) mass is 309 g/mol. The second-order valence-corrected chi connectivity index (χ2v) is 6.40. The van der Waals surface area contributed by atoms with E-state index in [-0.39, 0.29) is 5.91 Å². The lowest BCUT2D eigenvalue weighted by Crippen LogP contribution is -2.39. The van der Waals surface area contributed by atoms with Gasteiger partial charge in [-0.15, -0.1) is 0 Å². The molecule has 4 nitrogen and oxygen atoms in total. The van der Waals surface area contributed by atoms with Gasteiger partial charge in [-0.1, -0.05) is 25.1 Å². The third-order valence-electron chi connectivity index (χ3n) is 4.35. The number of nitrogens with one attached hydrogen (secondary N) is 1. The molecule has 1 atom stereocenters. The van der Waals surface area contributed by atoms with E-state index >= 15 is 0 Å². The summed E-state index contributed by atoms with van der Waals surface area (Å²) in [6.07, 6.45) is 5.70. The van der Waals surface area contributed by atoms with Crippen molar-refractivity contribution in [1.29, 1.82) is 0 Å². The molecule has 0 aliphatic carbocycles. The smallest absolute Gasteiger partial charge is 0.255 e. The van der Waals surface area contributed by atoms with E-state index in [1.807, 2.05) is 29.2 Å². The Morgan fingerprint density at radius 3 is 2.91 bits per heavy atom. The van der Waals surface area contributed by atoms with Crippen LogP contribution in [0.4, 0.5) is 11.4 Å². The average Bonchev–Trinajstić information content (AvgIpc) is 2.56. The van der Waals surface area contributed by atoms with Gasteiger partial charge in [-0.25, -0.2) is 0 Å². The molecule has 0 bridgehead atoms. The second-order valence-electron chi connectivity index (χ2n) is 6.40. The highest BCUT2D eigenvalue weighted by molar-refractivity contribution is 5.95. The van der Waals surface area contributed by atoms with Crippen molar-refractivity contribution in [2.24, 2.45) is 5.92 Å². The van der Waals surface area contributed by atoms with Crippen LogP contribution in [0.2, 0.25) is 0 Å². The van der Waals surface area contributed by atoms with Crippen molar-refractivity contribution < 1.29 is 4.79 Å². The van der Waals surface area contributed by atoms with Gasteiger partial charge < -0.3 is 10.2 Å². The van der Waals surface area contributed by atoms with Crippen molar-refractivity contribution >= 4 is 17.3 Å². The average molecular weight is 309 g/mol. The number of hydrogen-bond acceptors (Lipinski definition) is 3. The highest BCUT2D eigenvalue weighted by Gasteiger charge is 2.22. The van der Waals surface area contributed by atoms with Crippen LogP contribution in [0.15, 0.2) is 42.7 Å². The van der Waals surface area contributed by atoms with Gasteiger partial charge in [-0.05, 0) is 43.4 Å². The van der Waals surface area contributed by atoms with Crippen LogP contribution in [0.3, 0.4) is 0 Å². The summed E-state index contributed by atoms with van der Waals surface area (Å²) >= 11 is 0. The number of nitrogens with zero attached hydrogens (tertiary/aromatic N) is 2. The number of carbonyl (C=O) groups excluding carboxylic acids is 1. The van der Waals surface area contributed by atoms with E-state index in [2.05, 4.69) is 30.2 Å². The molecule has 1 N–H and O–H groups in total. The van der Waals surface area contributed by atoms with E-state index in [0.717, 1.165) is 36.4 Å². The van der Waals surface area contributed by atoms with Gasteiger partial charge in [-0.2, -0.15) is 0 Å². The third kappa shape index (κ3) is 3.70. The van der Waals surface area contributed by atoms with Crippen LogP contribution >= 0.6 is 0 Å². The number of hydrogen-bond donors (Lipinski definition) is 1. The van der Waals surface area contributed by atoms with E-state index in [1.165, 1.54) is 6.42 Å². The van der Waals surface area contributed by atoms with Gasteiger partial charge in [0, 0.05) is 25.0 Å². The quantitative estimate of drug-likeness (QED) is 0.932. The molecule has 1 aromatic carbocycles. The Morgan fingerprint density at radius 2 is 2.13 bits per heavy atom. The van der Waals surface area contributed by atoms with Crippen LogP contribution in [0.5, 0.6) is 0 Å². The van der Waals surface area contributed by atoms with Crippen molar-refractivity contribution in [2.75, 3.05) is 18.4 Å². The number of para-hydroxylation sites is 1. The van der Waals surface area contributed by atoms with Gasteiger partial charge in [0.25, 0.3) is 5.91 Å². The molecule has 1 amide bonds. The Bertz CT molecular complexity index is 699. The lowest BCUT2D eigenvalue weighted by atomic mass is 10.00. The maximum atomic E-state index is 12.7. The fraction of sp³-hybridized carbons (Fsp3) is 0.368. The van der Waals surface area contributed by atoms with Crippen LogP contribution in [0.25, 0.3) is 0 Å². The Labute approximate surface area is 137 Å². The van der Waals surface area contributed by atoms with Crippen LogP contribution in [-0.4, -0.2) is 28.9 Å². The van der Waals surface area contributed by atoms with E-state index in [4.69, 9.17) is 0 Å². The largest absolute Gasteiger partial charge is 0.354 e. The molecule has 1 aromatic heterocycles. The van der Waals surface area contributed by atoms with Crippen molar-refractivity contribution in [3.63, 3.8) is 0 Å². The molecular formula is C19H23N3O.